The van der Waals surface area contributed by atoms with Crippen LogP contribution in [0.2, 0.25) is 0 Å². The van der Waals surface area contributed by atoms with Gasteiger partial charge in [0, 0.05) is 6.04 Å². The molecule has 2 fully saturated rings. The molecule has 2 aliphatic carbocycles. The monoisotopic (exact) mass is 297 g/mol. The Morgan fingerprint density at radius 3 is 2.55 bits per heavy atom. The largest absolute Gasteiger partial charge is 0.314 e. The Balaban J connectivity index is 1.76. The van der Waals surface area contributed by atoms with E-state index in [2.05, 4.69) is 37.8 Å². The quantitative estimate of drug-likeness (QED) is 0.604. The zero-order valence-electron chi connectivity index (χ0n) is 13.9. The molecule has 2 rings (SSSR count). The predicted molar refractivity (Wildman–Crippen MR) is 92.4 cm³/mol. The maximum atomic E-state index is 3.80. The molecule has 2 saturated carbocycles. The second-order valence-electron chi connectivity index (χ2n) is 7.36. The van der Waals surface area contributed by atoms with Gasteiger partial charge in [0.25, 0.3) is 0 Å². The summed E-state index contributed by atoms with van der Waals surface area (Å²) < 4.78 is 0. The smallest absolute Gasteiger partial charge is 0.00683 e. The van der Waals surface area contributed by atoms with Crippen LogP contribution in [0.1, 0.15) is 65.7 Å². The van der Waals surface area contributed by atoms with E-state index >= 15 is 0 Å². The number of rotatable bonds is 9. The van der Waals surface area contributed by atoms with E-state index in [0.29, 0.717) is 0 Å². The van der Waals surface area contributed by atoms with Crippen LogP contribution in [0.15, 0.2) is 0 Å². The molecule has 0 spiro atoms. The van der Waals surface area contributed by atoms with Crippen molar-refractivity contribution in [2.24, 2.45) is 23.7 Å². The highest BCUT2D eigenvalue weighted by molar-refractivity contribution is 7.99. The molecule has 1 nitrogen and oxygen atoms in total. The summed E-state index contributed by atoms with van der Waals surface area (Å²) in [6.45, 7) is 8.44. The summed E-state index contributed by atoms with van der Waals surface area (Å²) in [5.41, 5.74) is 0. The molecule has 0 aliphatic heterocycles. The molecule has 3 atom stereocenters. The highest BCUT2D eigenvalue weighted by atomic mass is 32.2. The molecule has 3 unspecified atom stereocenters. The van der Waals surface area contributed by atoms with Gasteiger partial charge >= 0.3 is 0 Å². The van der Waals surface area contributed by atoms with E-state index in [1.54, 1.807) is 0 Å². The van der Waals surface area contributed by atoms with Crippen molar-refractivity contribution in [3.8, 4) is 0 Å². The van der Waals surface area contributed by atoms with Crippen molar-refractivity contribution in [1.82, 2.24) is 5.32 Å². The summed E-state index contributed by atoms with van der Waals surface area (Å²) in [5, 5.41) is 3.80. The highest BCUT2D eigenvalue weighted by Gasteiger charge is 2.32. The highest BCUT2D eigenvalue weighted by Crippen LogP contribution is 2.40. The summed E-state index contributed by atoms with van der Waals surface area (Å²) in [7, 11) is 0. The van der Waals surface area contributed by atoms with Gasteiger partial charge in [-0.2, -0.15) is 11.8 Å². The maximum Gasteiger partial charge on any atom is 0.00683 e. The first-order valence-corrected chi connectivity index (χ1v) is 10.2. The van der Waals surface area contributed by atoms with Crippen molar-refractivity contribution in [2.45, 2.75) is 71.8 Å². The minimum Gasteiger partial charge on any atom is -0.314 e. The van der Waals surface area contributed by atoms with Crippen molar-refractivity contribution < 1.29 is 0 Å². The number of hydrogen-bond donors (Lipinski definition) is 1. The van der Waals surface area contributed by atoms with Crippen LogP contribution >= 0.6 is 11.8 Å². The standard InChI is InChI=1S/C18H35NS/c1-4-20-11-5-6-16-12-15(14(2)3)7-8-17(16)13-19-18-9-10-18/h14-19H,4-13H2,1-3H3. The Morgan fingerprint density at radius 1 is 1.10 bits per heavy atom. The molecular weight excluding hydrogens is 262 g/mol. The molecule has 0 amide bonds. The minimum atomic E-state index is 0.883. The van der Waals surface area contributed by atoms with Crippen LogP contribution in [0.25, 0.3) is 0 Å². The van der Waals surface area contributed by atoms with Crippen molar-refractivity contribution in [3.63, 3.8) is 0 Å². The lowest BCUT2D eigenvalue weighted by Crippen LogP contribution is -2.35. The first kappa shape index (κ1) is 16.7. The van der Waals surface area contributed by atoms with Crippen LogP contribution in [0, 0.1) is 23.7 Å². The van der Waals surface area contributed by atoms with Crippen molar-refractivity contribution >= 4 is 11.8 Å². The second-order valence-corrected chi connectivity index (χ2v) is 8.75. The normalized spacial score (nSPS) is 30.9. The molecule has 0 radical (unpaired) electrons. The average molecular weight is 298 g/mol. The van der Waals surface area contributed by atoms with Crippen molar-refractivity contribution in [3.05, 3.63) is 0 Å². The topological polar surface area (TPSA) is 12.0 Å². The molecule has 118 valence electrons. The van der Waals surface area contributed by atoms with E-state index in [9.17, 15) is 0 Å². The molecule has 0 saturated heterocycles. The van der Waals surface area contributed by atoms with Gasteiger partial charge in [-0.15, -0.1) is 0 Å². The van der Waals surface area contributed by atoms with Crippen molar-refractivity contribution in [1.29, 1.82) is 0 Å². The van der Waals surface area contributed by atoms with E-state index in [1.807, 2.05) is 0 Å². The van der Waals surface area contributed by atoms with Gasteiger partial charge in [0.15, 0.2) is 0 Å². The fourth-order valence-electron chi connectivity index (χ4n) is 3.79. The minimum absolute atomic E-state index is 0.883. The van der Waals surface area contributed by atoms with E-state index in [-0.39, 0.29) is 0 Å². The zero-order valence-corrected chi connectivity index (χ0v) is 14.7. The zero-order chi connectivity index (χ0) is 14.4. The molecular formula is C18H35NS. The van der Waals surface area contributed by atoms with Gasteiger partial charge in [0.1, 0.15) is 0 Å². The van der Waals surface area contributed by atoms with Crippen LogP contribution in [-0.2, 0) is 0 Å². The molecule has 0 aromatic heterocycles. The Kier molecular flexibility index (Phi) is 7.24. The third kappa shape index (κ3) is 5.60. The van der Waals surface area contributed by atoms with Gasteiger partial charge in [-0.05, 0) is 86.7 Å². The fraction of sp³-hybridized carbons (Fsp3) is 1.00. The van der Waals surface area contributed by atoms with Gasteiger partial charge in [-0.25, -0.2) is 0 Å². The summed E-state index contributed by atoms with van der Waals surface area (Å²) in [6, 6.07) is 0.883. The van der Waals surface area contributed by atoms with Crippen LogP contribution in [0.5, 0.6) is 0 Å². The van der Waals surface area contributed by atoms with Crippen molar-refractivity contribution in [2.75, 3.05) is 18.1 Å². The Labute approximate surface area is 131 Å². The number of hydrogen-bond acceptors (Lipinski definition) is 2. The molecule has 0 aromatic rings. The molecule has 0 bridgehead atoms. The third-order valence-electron chi connectivity index (χ3n) is 5.44. The lowest BCUT2D eigenvalue weighted by Gasteiger charge is -2.38. The molecule has 0 aromatic carbocycles. The van der Waals surface area contributed by atoms with Gasteiger partial charge in [-0.1, -0.05) is 20.8 Å². The summed E-state index contributed by atoms with van der Waals surface area (Å²) in [4.78, 5) is 0. The van der Waals surface area contributed by atoms with Gasteiger partial charge in [0.05, 0.1) is 0 Å². The SMILES string of the molecule is CCSCCCC1CC(C(C)C)CCC1CNC1CC1. The first-order chi connectivity index (χ1) is 9.70. The Morgan fingerprint density at radius 2 is 1.90 bits per heavy atom. The summed E-state index contributed by atoms with van der Waals surface area (Å²) in [5.74, 6) is 6.52. The molecule has 2 heteroatoms. The maximum absolute atomic E-state index is 3.80. The van der Waals surface area contributed by atoms with E-state index in [0.717, 1.165) is 29.7 Å². The lowest BCUT2D eigenvalue weighted by molar-refractivity contribution is 0.137. The predicted octanol–water partition coefficient (Wildman–Crippen LogP) is 4.96. The first-order valence-electron chi connectivity index (χ1n) is 9.01. The van der Waals surface area contributed by atoms with Crippen LogP contribution in [0.4, 0.5) is 0 Å². The van der Waals surface area contributed by atoms with Crippen LogP contribution in [-0.4, -0.2) is 24.1 Å². The van der Waals surface area contributed by atoms with E-state index in [1.165, 1.54) is 63.0 Å². The Bertz CT molecular complexity index is 262. The summed E-state index contributed by atoms with van der Waals surface area (Å²) in [6.07, 6.45) is 10.2. The average Bonchev–Trinajstić information content (AvgIpc) is 3.26. The van der Waals surface area contributed by atoms with Crippen LogP contribution in [0.3, 0.4) is 0 Å². The third-order valence-corrected chi connectivity index (χ3v) is 6.42. The summed E-state index contributed by atoms with van der Waals surface area (Å²) >= 11 is 2.12. The van der Waals surface area contributed by atoms with Gasteiger partial charge in [0.2, 0.25) is 0 Å². The molecule has 2 aliphatic rings. The number of nitrogens with one attached hydrogen (secondary N) is 1. The van der Waals surface area contributed by atoms with Gasteiger partial charge in [-0.3, -0.25) is 0 Å². The molecule has 1 N–H and O–H groups in total. The number of thioether (sulfide) groups is 1. The van der Waals surface area contributed by atoms with E-state index in [4.69, 9.17) is 0 Å². The second kappa shape index (κ2) is 8.68. The van der Waals surface area contributed by atoms with Crippen LogP contribution < -0.4 is 5.32 Å². The Hall–Kier alpha value is 0.310. The lowest BCUT2D eigenvalue weighted by atomic mass is 9.69. The fourth-order valence-corrected chi connectivity index (χ4v) is 4.45. The molecule has 20 heavy (non-hydrogen) atoms. The van der Waals surface area contributed by atoms with Gasteiger partial charge < -0.3 is 5.32 Å². The van der Waals surface area contributed by atoms with E-state index < -0.39 is 0 Å². The molecule has 0 heterocycles.